The molecule has 1 aliphatic carbocycles. The van der Waals surface area contributed by atoms with Gasteiger partial charge in [-0.05, 0) is 40.6 Å². The van der Waals surface area contributed by atoms with Crippen LogP contribution in [0.1, 0.15) is 5.56 Å². The van der Waals surface area contributed by atoms with Gasteiger partial charge in [0.1, 0.15) is 0 Å². The lowest BCUT2D eigenvalue weighted by Gasteiger charge is -2.00. The highest BCUT2D eigenvalue weighted by molar-refractivity contribution is 6.35. The SMILES string of the molecule is O=C1C=CC(=O)C1=Cc1ccc2ccccc2c1. The minimum Gasteiger partial charge on any atom is -0.289 e. The van der Waals surface area contributed by atoms with Crippen LogP contribution in [0.3, 0.4) is 0 Å². The molecule has 2 aromatic carbocycles. The first-order chi connectivity index (χ1) is 8.74. The van der Waals surface area contributed by atoms with E-state index in [1.54, 1.807) is 6.08 Å². The number of hydrogen-bond donors (Lipinski definition) is 0. The normalized spacial score (nSPS) is 14.6. The van der Waals surface area contributed by atoms with Gasteiger partial charge >= 0.3 is 0 Å². The molecule has 86 valence electrons. The molecular formula is C16H10O2. The van der Waals surface area contributed by atoms with E-state index in [0.29, 0.717) is 0 Å². The van der Waals surface area contributed by atoms with E-state index in [4.69, 9.17) is 0 Å². The molecule has 0 N–H and O–H groups in total. The van der Waals surface area contributed by atoms with Gasteiger partial charge < -0.3 is 0 Å². The Morgan fingerprint density at radius 2 is 1.44 bits per heavy atom. The van der Waals surface area contributed by atoms with Crippen LogP contribution in [0.5, 0.6) is 0 Å². The minimum atomic E-state index is -0.215. The molecule has 1 aliphatic rings. The fraction of sp³-hybridized carbons (Fsp3) is 0. The van der Waals surface area contributed by atoms with Crippen molar-refractivity contribution >= 4 is 28.4 Å². The Hall–Kier alpha value is -2.48. The number of benzene rings is 2. The summed E-state index contributed by atoms with van der Waals surface area (Å²) in [6.45, 7) is 0. The fourth-order valence-corrected chi connectivity index (χ4v) is 2.06. The molecule has 18 heavy (non-hydrogen) atoms. The van der Waals surface area contributed by atoms with Crippen LogP contribution < -0.4 is 0 Å². The molecule has 2 nitrogen and oxygen atoms in total. The summed E-state index contributed by atoms with van der Waals surface area (Å²) < 4.78 is 0. The highest BCUT2D eigenvalue weighted by Gasteiger charge is 2.19. The summed E-state index contributed by atoms with van der Waals surface area (Å²) in [7, 11) is 0. The third-order valence-electron chi connectivity index (χ3n) is 3.00. The number of carbonyl (C=O) groups is 2. The second-order valence-electron chi connectivity index (χ2n) is 4.23. The minimum absolute atomic E-state index is 0.215. The molecule has 0 radical (unpaired) electrons. The molecule has 0 fully saturated rings. The van der Waals surface area contributed by atoms with Gasteiger partial charge in [-0.25, -0.2) is 0 Å². The summed E-state index contributed by atoms with van der Waals surface area (Å²) in [5.74, 6) is -0.429. The van der Waals surface area contributed by atoms with Gasteiger partial charge in [0.05, 0.1) is 5.57 Å². The van der Waals surface area contributed by atoms with E-state index in [9.17, 15) is 9.59 Å². The molecule has 0 aromatic heterocycles. The molecule has 0 unspecified atom stereocenters. The molecule has 0 bridgehead atoms. The van der Waals surface area contributed by atoms with Crippen molar-refractivity contribution in [1.82, 2.24) is 0 Å². The van der Waals surface area contributed by atoms with Gasteiger partial charge in [0, 0.05) is 0 Å². The smallest absolute Gasteiger partial charge is 0.189 e. The zero-order valence-electron chi connectivity index (χ0n) is 9.59. The van der Waals surface area contributed by atoms with Crippen LogP contribution in [0.15, 0.2) is 60.2 Å². The molecule has 3 rings (SSSR count). The summed E-state index contributed by atoms with van der Waals surface area (Å²) in [6, 6.07) is 13.9. The monoisotopic (exact) mass is 234 g/mol. The lowest BCUT2D eigenvalue weighted by molar-refractivity contribution is -0.115. The molecule has 0 saturated carbocycles. The molecular weight excluding hydrogens is 224 g/mol. The van der Waals surface area contributed by atoms with Gasteiger partial charge in [-0.2, -0.15) is 0 Å². The van der Waals surface area contributed by atoms with E-state index in [1.165, 1.54) is 12.2 Å². The molecule has 0 atom stereocenters. The number of rotatable bonds is 1. The molecule has 0 heterocycles. The third-order valence-corrected chi connectivity index (χ3v) is 3.00. The molecule has 2 heteroatoms. The van der Waals surface area contributed by atoms with E-state index in [0.717, 1.165) is 16.3 Å². The fourth-order valence-electron chi connectivity index (χ4n) is 2.06. The van der Waals surface area contributed by atoms with Crippen LogP contribution in [0, 0.1) is 0 Å². The molecule has 0 amide bonds. The van der Waals surface area contributed by atoms with Gasteiger partial charge in [0.25, 0.3) is 0 Å². The lowest BCUT2D eigenvalue weighted by Crippen LogP contribution is -2.00. The molecule has 0 spiro atoms. The standard InChI is InChI=1S/C16H10O2/c17-15-7-8-16(18)14(15)10-11-5-6-12-3-1-2-4-13(12)9-11/h1-10H. The first-order valence-corrected chi connectivity index (χ1v) is 5.71. The Morgan fingerprint density at radius 1 is 0.778 bits per heavy atom. The molecule has 2 aromatic rings. The van der Waals surface area contributed by atoms with Crippen molar-refractivity contribution in [3.05, 3.63) is 65.8 Å². The van der Waals surface area contributed by atoms with Gasteiger partial charge in [-0.15, -0.1) is 0 Å². The Balaban J connectivity index is 2.08. The van der Waals surface area contributed by atoms with Crippen molar-refractivity contribution in [1.29, 1.82) is 0 Å². The Morgan fingerprint density at radius 3 is 2.17 bits per heavy atom. The number of carbonyl (C=O) groups excluding carboxylic acids is 2. The van der Waals surface area contributed by atoms with Gasteiger partial charge in [0.15, 0.2) is 11.6 Å². The largest absolute Gasteiger partial charge is 0.289 e. The average molecular weight is 234 g/mol. The third kappa shape index (κ3) is 1.78. The highest BCUT2D eigenvalue weighted by Crippen LogP contribution is 2.19. The number of fused-ring (bicyclic) bond motifs is 1. The zero-order chi connectivity index (χ0) is 12.5. The first kappa shape index (κ1) is 10.7. The average Bonchev–Trinajstić information content (AvgIpc) is 2.70. The van der Waals surface area contributed by atoms with Crippen molar-refractivity contribution in [2.45, 2.75) is 0 Å². The van der Waals surface area contributed by atoms with Gasteiger partial charge in [-0.3, -0.25) is 9.59 Å². The topological polar surface area (TPSA) is 34.1 Å². The summed E-state index contributed by atoms with van der Waals surface area (Å²) >= 11 is 0. The van der Waals surface area contributed by atoms with E-state index in [-0.39, 0.29) is 17.1 Å². The number of ketones is 2. The zero-order valence-corrected chi connectivity index (χ0v) is 9.59. The Bertz CT molecular complexity index is 701. The first-order valence-electron chi connectivity index (χ1n) is 5.71. The van der Waals surface area contributed by atoms with Crippen LogP contribution in [0.25, 0.3) is 16.8 Å². The van der Waals surface area contributed by atoms with E-state index < -0.39 is 0 Å². The van der Waals surface area contributed by atoms with E-state index >= 15 is 0 Å². The maximum absolute atomic E-state index is 11.5. The predicted octanol–water partition coefficient (Wildman–Crippen LogP) is 2.93. The second-order valence-corrected chi connectivity index (χ2v) is 4.23. The second kappa shape index (κ2) is 4.08. The van der Waals surface area contributed by atoms with Crippen molar-refractivity contribution in [3.63, 3.8) is 0 Å². The lowest BCUT2D eigenvalue weighted by atomic mass is 10.0. The van der Waals surface area contributed by atoms with Gasteiger partial charge in [0.2, 0.25) is 0 Å². The number of hydrogen-bond acceptors (Lipinski definition) is 2. The van der Waals surface area contributed by atoms with Crippen LogP contribution in [-0.2, 0) is 9.59 Å². The molecule has 0 saturated heterocycles. The maximum Gasteiger partial charge on any atom is 0.189 e. The van der Waals surface area contributed by atoms with Crippen LogP contribution >= 0.6 is 0 Å². The number of allylic oxidation sites excluding steroid dienone is 3. The summed E-state index contributed by atoms with van der Waals surface area (Å²) in [5.41, 5.74) is 1.11. The van der Waals surface area contributed by atoms with Gasteiger partial charge in [-0.1, -0.05) is 36.4 Å². The quantitative estimate of drug-likeness (QED) is 0.561. The Kier molecular flexibility index (Phi) is 2.41. The van der Waals surface area contributed by atoms with Crippen molar-refractivity contribution in [2.24, 2.45) is 0 Å². The maximum atomic E-state index is 11.5. The summed E-state index contributed by atoms with van der Waals surface area (Å²) in [5, 5.41) is 2.24. The summed E-state index contributed by atoms with van der Waals surface area (Å²) in [6.07, 6.45) is 4.28. The van der Waals surface area contributed by atoms with Crippen molar-refractivity contribution < 1.29 is 9.59 Å². The van der Waals surface area contributed by atoms with Crippen LogP contribution in [0.4, 0.5) is 0 Å². The predicted molar refractivity (Wildman–Crippen MR) is 71.1 cm³/mol. The van der Waals surface area contributed by atoms with E-state index in [2.05, 4.69) is 0 Å². The van der Waals surface area contributed by atoms with E-state index in [1.807, 2.05) is 42.5 Å². The molecule has 0 aliphatic heterocycles. The Labute approximate surface area is 104 Å². The van der Waals surface area contributed by atoms with Crippen molar-refractivity contribution in [2.75, 3.05) is 0 Å². The summed E-state index contributed by atoms with van der Waals surface area (Å²) in [4.78, 5) is 23.0. The van der Waals surface area contributed by atoms with Crippen LogP contribution in [-0.4, -0.2) is 11.6 Å². The highest BCUT2D eigenvalue weighted by atomic mass is 16.2. The van der Waals surface area contributed by atoms with Crippen molar-refractivity contribution in [3.8, 4) is 0 Å². The van der Waals surface area contributed by atoms with Crippen LogP contribution in [0.2, 0.25) is 0 Å².